The van der Waals surface area contributed by atoms with Gasteiger partial charge in [-0.15, -0.1) is 0 Å². The molecule has 2 saturated heterocycles. The van der Waals surface area contributed by atoms with Gasteiger partial charge in [0, 0.05) is 13.0 Å². The zero-order valence-corrected chi connectivity index (χ0v) is 25.1. The first-order valence-electron chi connectivity index (χ1n) is 14.4. The summed E-state index contributed by atoms with van der Waals surface area (Å²) in [6.45, 7) is 11.7. The Morgan fingerprint density at radius 3 is 2.37 bits per heavy atom. The number of rotatable bonds is 14. The van der Waals surface area contributed by atoms with Crippen molar-refractivity contribution in [1.82, 2.24) is 14.3 Å². The fourth-order valence-corrected chi connectivity index (χ4v) is 4.98. The normalized spacial score (nSPS) is 26.2. The number of hydrogen-bond acceptors (Lipinski definition) is 9. The van der Waals surface area contributed by atoms with Gasteiger partial charge in [-0.05, 0) is 67.2 Å². The average molecular weight is 576 g/mol. The van der Waals surface area contributed by atoms with Crippen LogP contribution in [0.1, 0.15) is 86.3 Å². The molecule has 0 radical (unpaired) electrons. The lowest BCUT2D eigenvalue weighted by Gasteiger charge is -2.27. The van der Waals surface area contributed by atoms with Gasteiger partial charge in [0.05, 0.1) is 19.6 Å². The molecular weight excluding hydrogens is 530 g/mol. The Morgan fingerprint density at radius 2 is 1.71 bits per heavy atom. The Morgan fingerprint density at radius 1 is 1.05 bits per heavy atom. The summed E-state index contributed by atoms with van der Waals surface area (Å²) in [5.74, 6) is -1.52. The van der Waals surface area contributed by atoms with Gasteiger partial charge in [0.1, 0.15) is 24.5 Å². The summed E-state index contributed by atoms with van der Waals surface area (Å²) in [7, 11) is 0. The molecule has 11 nitrogen and oxygen atoms in total. The van der Waals surface area contributed by atoms with Gasteiger partial charge in [0.15, 0.2) is 12.0 Å². The van der Waals surface area contributed by atoms with Gasteiger partial charge in [0.2, 0.25) is 0 Å². The van der Waals surface area contributed by atoms with Crippen LogP contribution in [0.5, 0.6) is 0 Å². The molecule has 1 aromatic heterocycles. The van der Waals surface area contributed by atoms with Crippen molar-refractivity contribution in [2.24, 2.45) is 0 Å². The molecular formula is C30H45N3O8. The van der Waals surface area contributed by atoms with Crippen molar-refractivity contribution in [3.05, 3.63) is 62.0 Å². The zero-order valence-electron chi connectivity index (χ0n) is 25.1. The monoisotopic (exact) mass is 575 g/mol. The second kappa shape index (κ2) is 14.9. The summed E-state index contributed by atoms with van der Waals surface area (Å²) in [5, 5.41) is 14.0. The van der Waals surface area contributed by atoms with Crippen LogP contribution in [0.3, 0.4) is 0 Å². The summed E-state index contributed by atoms with van der Waals surface area (Å²) in [6, 6.07) is 0. The highest BCUT2D eigenvalue weighted by atomic mass is 16.8. The molecule has 0 amide bonds. The summed E-state index contributed by atoms with van der Waals surface area (Å²) in [5.41, 5.74) is 2.55. The fourth-order valence-electron chi connectivity index (χ4n) is 4.98. The number of aliphatic hydroxyl groups excluding tert-OH is 1. The van der Waals surface area contributed by atoms with Crippen molar-refractivity contribution in [2.45, 2.75) is 117 Å². The Bertz CT molecular complexity index is 1260. The fraction of sp³-hybridized carbons (Fsp3) is 0.667. The summed E-state index contributed by atoms with van der Waals surface area (Å²) >= 11 is 0. The van der Waals surface area contributed by atoms with E-state index in [-0.39, 0.29) is 38.6 Å². The summed E-state index contributed by atoms with van der Waals surface area (Å²) < 4.78 is 25.3. The number of nitrogens with zero attached hydrogens (tertiary/aromatic N) is 3. The third-order valence-corrected chi connectivity index (χ3v) is 7.30. The minimum atomic E-state index is -1.14. The largest absolute Gasteiger partial charge is 0.466 e. The van der Waals surface area contributed by atoms with Crippen molar-refractivity contribution < 1.29 is 28.8 Å². The molecule has 1 aromatic rings. The van der Waals surface area contributed by atoms with Crippen LogP contribution in [-0.2, 0) is 30.3 Å². The highest BCUT2D eigenvalue weighted by molar-refractivity contribution is 5.69. The van der Waals surface area contributed by atoms with Crippen LogP contribution in [0.2, 0.25) is 0 Å². The molecule has 1 N–H and O–H groups in total. The van der Waals surface area contributed by atoms with Crippen LogP contribution in [0.25, 0.3) is 0 Å². The van der Waals surface area contributed by atoms with E-state index in [0.717, 1.165) is 46.7 Å². The van der Waals surface area contributed by atoms with Crippen molar-refractivity contribution in [1.29, 1.82) is 0 Å². The van der Waals surface area contributed by atoms with E-state index in [0.29, 0.717) is 0 Å². The predicted octanol–water partition coefficient (Wildman–Crippen LogP) is 3.56. The molecule has 41 heavy (non-hydrogen) atoms. The van der Waals surface area contributed by atoms with Crippen LogP contribution in [0.15, 0.2) is 50.7 Å². The Hall–Kier alpha value is -2.86. The van der Waals surface area contributed by atoms with Gasteiger partial charge >= 0.3 is 11.7 Å². The topological polar surface area (TPSA) is 131 Å². The zero-order chi connectivity index (χ0) is 30.2. The summed E-state index contributed by atoms with van der Waals surface area (Å²) in [4.78, 5) is 37.9. The molecule has 3 heterocycles. The second-order valence-electron chi connectivity index (χ2n) is 11.1. The van der Waals surface area contributed by atoms with E-state index < -0.39 is 41.6 Å². The molecule has 3 rings (SSSR count). The number of aliphatic hydroxyl groups is 1. The average Bonchev–Trinajstić information content (AvgIpc) is 3.42. The molecule has 2 aliphatic rings. The smallest absolute Gasteiger partial charge is 0.350 e. The number of hydrogen-bond donors (Lipinski definition) is 1. The van der Waals surface area contributed by atoms with Crippen LogP contribution in [0.4, 0.5) is 0 Å². The highest BCUT2D eigenvalue weighted by Crippen LogP contribution is 2.44. The van der Waals surface area contributed by atoms with E-state index in [4.69, 9.17) is 18.9 Å². The van der Waals surface area contributed by atoms with Gasteiger partial charge in [-0.1, -0.05) is 34.9 Å². The van der Waals surface area contributed by atoms with Crippen molar-refractivity contribution in [3.63, 3.8) is 0 Å². The molecule has 0 aromatic carbocycles. The number of allylic oxidation sites excluding steroid dienone is 6. The van der Waals surface area contributed by atoms with E-state index in [1.54, 1.807) is 13.8 Å². The first-order chi connectivity index (χ1) is 19.5. The lowest BCUT2D eigenvalue weighted by atomic mass is 10.1. The SMILES string of the molecule is CCOC(=O)CCC1(C)O[C@@H]2[C@H](O1)[C@@H](CO)O[C@H]2n1ncc(=O)n(CC=C(C)CCC=C(C)CCC=C(C)C)c1=O. The molecule has 228 valence electrons. The van der Waals surface area contributed by atoms with E-state index in [2.05, 4.69) is 38.0 Å². The highest BCUT2D eigenvalue weighted by Gasteiger charge is 2.57. The molecule has 0 spiro atoms. The predicted molar refractivity (Wildman–Crippen MR) is 153 cm³/mol. The molecule has 0 saturated carbocycles. The number of fused-ring (bicyclic) bond motifs is 1. The number of aromatic nitrogens is 3. The van der Waals surface area contributed by atoms with E-state index in [9.17, 15) is 19.5 Å². The van der Waals surface area contributed by atoms with Gasteiger partial charge in [-0.2, -0.15) is 9.78 Å². The van der Waals surface area contributed by atoms with E-state index in [1.165, 1.54) is 11.1 Å². The molecule has 1 unspecified atom stereocenters. The Labute approximate surface area is 241 Å². The first kappa shape index (κ1) is 32.7. The van der Waals surface area contributed by atoms with Crippen molar-refractivity contribution >= 4 is 5.97 Å². The number of carbonyl (C=O) groups is 1. The molecule has 0 aliphatic carbocycles. The van der Waals surface area contributed by atoms with Crippen LogP contribution in [0, 0.1) is 0 Å². The number of carbonyl (C=O) groups excluding carboxylic acids is 1. The maximum atomic E-state index is 13.4. The molecule has 2 fully saturated rings. The van der Waals surface area contributed by atoms with Crippen LogP contribution < -0.4 is 11.2 Å². The molecule has 5 atom stereocenters. The van der Waals surface area contributed by atoms with E-state index >= 15 is 0 Å². The second-order valence-corrected chi connectivity index (χ2v) is 11.1. The van der Waals surface area contributed by atoms with Gasteiger partial charge in [0.25, 0.3) is 5.56 Å². The van der Waals surface area contributed by atoms with Crippen molar-refractivity contribution in [2.75, 3.05) is 13.2 Å². The Balaban J connectivity index is 1.70. The Kier molecular flexibility index (Phi) is 11.8. The lowest BCUT2D eigenvalue weighted by Crippen LogP contribution is -2.44. The number of esters is 1. The van der Waals surface area contributed by atoms with Gasteiger partial charge in [-0.25, -0.2) is 4.79 Å². The van der Waals surface area contributed by atoms with Crippen LogP contribution >= 0.6 is 0 Å². The lowest BCUT2D eigenvalue weighted by molar-refractivity contribution is -0.216. The molecule has 0 bridgehead atoms. The summed E-state index contributed by atoms with van der Waals surface area (Å²) in [6.07, 6.45) is 8.22. The maximum absolute atomic E-state index is 13.4. The van der Waals surface area contributed by atoms with Crippen molar-refractivity contribution in [3.8, 4) is 0 Å². The maximum Gasteiger partial charge on any atom is 0.350 e. The third-order valence-electron chi connectivity index (χ3n) is 7.30. The van der Waals surface area contributed by atoms with E-state index in [1.807, 2.05) is 13.0 Å². The molecule has 2 aliphatic heterocycles. The number of ether oxygens (including phenoxy) is 4. The van der Waals surface area contributed by atoms with Gasteiger partial charge in [-0.3, -0.25) is 14.2 Å². The standard InChI is InChI=1S/C30H45N3O8/c1-7-38-25(36)14-16-30(6)40-26-23(19-34)39-28(27(26)41-30)33-29(37)32(24(35)18-31-33)17-15-22(5)13-9-12-21(4)11-8-10-20(2)3/h10,12,15,18,23,26-28,34H,7-9,11,13-14,16-17,19H2,1-6H3/t23-,26-,27-,28-,30?/m1/s1. The van der Waals surface area contributed by atoms with Crippen LogP contribution in [-0.4, -0.2) is 62.7 Å². The minimum Gasteiger partial charge on any atom is -0.466 e. The van der Waals surface area contributed by atoms with Gasteiger partial charge < -0.3 is 24.1 Å². The molecule has 11 heteroatoms. The minimum absolute atomic E-state index is 0.0825. The first-order valence-corrected chi connectivity index (χ1v) is 14.4. The quantitative estimate of drug-likeness (QED) is 0.261. The third kappa shape index (κ3) is 8.81.